The molecule has 0 radical (unpaired) electrons. The summed E-state index contributed by atoms with van der Waals surface area (Å²) in [5.74, 6) is -0.263. The summed E-state index contributed by atoms with van der Waals surface area (Å²) in [6, 6.07) is 11.2. The summed E-state index contributed by atoms with van der Waals surface area (Å²) in [6.45, 7) is 0.331. The van der Waals surface area contributed by atoms with Gasteiger partial charge in [-0.2, -0.15) is 0 Å². The van der Waals surface area contributed by atoms with Crippen LogP contribution in [0.2, 0.25) is 0 Å². The summed E-state index contributed by atoms with van der Waals surface area (Å²) in [5.41, 5.74) is 1.58. The van der Waals surface area contributed by atoms with Gasteiger partial charge >= 0.3 is 0 Å². The fraction of sp³-hybridized carbons (Fsp3) is 0.200. The van der Waals surface area contributed by atoms with E-state index in [1.807, 2.05) is 41.2 Å². The molecular weight excluding hydrogens is 254 g/mol. The van der Waals surface area contributed by atoms with Crippen LogP contribution in [-0.2, 0) is 4.79 Å². The molecule has 0 saturated heterocycles. The van der Waals surface area contributed by atoms with Crippen molar-refractivity contribution in [3.05, 3.63) is 54.4 Å². The fourth-order valence-electron chi connectivity index (χ4n) is 1.81. The summed E-state index contributed by atoms with van der Waals surface area (Å²) in [6.07, 6.45) is 4.17. The molecule has 5 heteroatoms. The minimum atomic E-state index is -0.173. The molecule has 0 aliphatic heterocycles. The topological polar surface area (TPSA) is 63.1 Å². The molecule has 0 fully saturated rings. The van der Waals surface area contributed by atoms with Crippen molar-refractivity contribution in [2.45, 2.75) is 6.42 Å². The molecule has 0 aliphatic rings. The van der Waals surface area contributed by atoms with Crippen LogP contribution >= 0.6 is 0 Å². The van der Waals surface area contributed by atoms with Gasteiger partial charge in [-0.1, -0.05) is 0 Å². The highest BCUT2D eigenvalue weighted by Gasteiger charge is 2.06. The molecule has 1 heterocycles. The largest absolute Gasteiger partial charge is 0.359 e. The number of carbonyl (C=O) groups is 2. The second-order valence-electron chi connectivity index (χ2n) is 4.32. The quantitative estimate of drug-likeness (QED) is 0.862. The zero-order valence-electron chi connectivity index (χ0n) is 11.3. The van der Waals surface area contributed by atoms with Gasteiger partial charge in [0.15, 0.2) is 0 Å². The molecule has 0 spiro atoms. The zero-order chi connectivity index (χ0) is 14.4. The van der Waals surface area contributed by atoms with E-state index in [4.69, 9.17) is 0 Å². The van der Waals surface area contributed by atoms with Crippen molar-refractivity contribution in [3.63, 3.8) is 0 Å². The maximum absolute atomic E-state index is 11.9. The molecule has 1 aromatic carbocycles. The van der Waals surface area contributed by atoms with Crippen LogP contribution in [0.3, 0.4) is 0 Å². The van der Waals surface area contributed by atoms with E-state index >= 15 is 0 Å². The van der Waals surface area contributed by atoms with Crippen molar-refractivity contribution in [1.82, 2.24) is 15.2 Å². The summed E-state index contributed by atoms with van der Waals surface area (Å²) < 4.78 is 1.97. The lowest BCUT2D eigenvalue weighted by atomic mass is 10.2. The maximum atomic E-state index is 11.9. The number of nitrogens with zero attached hydrogens (tertiary/aromatic N) is 1. The standard InChI is InChI=1S/C15H17N3O2/c1-16-14(19)8-9-17-15(20)12-4-6-13(7-5-12)18-10-2-3-11-18/h2-7,10-11H,8-9H2,1H3,(H,16,19)(H,17,20). The lowest BCUT2D eigenvalue weighted by Gasteiger charge is -2.06. The summed E-state index contributed by atoms with van der Waals surface area (Å²) in [4.78, 5) is 22.9. The van der Waals surface area contributed by atoms with E-state index < -0.39 is 0 Å². The Morgan fingerprint density at radius 2 is 1.75 bits per heavy atom. The Morgan fingerprint density at radius 3 is 2.35 bits per heavy atom. The number of nitrogens with one attached hydrogen (secondary N) is 2. The average molecular weight is 271 g/mol. The predicted molar refractivity (Wildman–Crippen MR) is 76.8 cm³/mol. The van der Waals surface area contributed by atoms with Gasteiger partial charge in [-0.3, -0.25) is 9.59 Å². The van der Waals surface area contributed by atoms with Crippen molar-refractivity contribution in [1.29, 1.82) is 0 Å². The number of carbonyl (C=O) groups excluding carboxylic acids is 2. The number of amides is 2. The molecule has 2 amide bonds. The molecule has 0 unspecified atom stereocenters. The SMILES string of the molecule is CNC(=O)CCNC(=O)c1ccc(-n2cccc2)cc1. The highest BCUT2D eigenvalue weighted by molar-refractivity contribution is 5.94. The Labute approximate surface area is 117 Å². The van der Waals surface area contributed by atoms with Crippen molar-refractivity contribution in [2.75, 3.05) is 13.6 Å². The Morgan fingerprint density at radius 1 is 1.10 bits per heavy atom. The van der Waals surface area contributed by atoms with Gasteiger partial charge in [-0.05, 0) is 36.4 Å². The number of benzene rings is 1. The molecule has 0 aliphatic carbocycles. The molecule has 0 saturated carbocycles. The first-order chi connectivity index (χ1) is 9.70. The van der Waals surface area contributed by atoms with Gasteiger partial charge < -0.3 is 15.2 Å². The van der Waals surface area contributed by atoms with Crippen molar-refractivity contribution in [2.24, 2.45) is 0 Å². The van der Waals surface area contributed by atoms with Gasteiger partial charge in [0.25, 0.3) is 5.91 Å². The van der Waals surface area contributed by atoms with Crippen LogP contribution in [0.1, 0.15) is 16.8 Å². The average Bonchev–Trinajstić information content (AvgIpc) is 3.01. The molecule has 2 rings (SSSR count). The van der Waals surface area contributed by atoms with Crippen LogP contribution in [-0.4, -0.2) is 30.0 Å². The van der Waals surface area contributed by atoms with Crippen LogP contribution in [0.4, 0.5) is 0 Å². The lowest BCUT2D eigenvalue weighted by Crippen LogP contribution is -2.29. The van der Waals surface area contributed by atoms with Gasteiger partial charge in [0.1, 0.15) is 0 Å². The summed E-state index contributed by atoms with van der Waals surface area (Å²) in [7, 11) is 1.57. The van der Waals surface area contributed by atoms with Gasteiger partial charge in [-0.15, -0.1) is 0 Å². The Hall–Kier alpha value is -2.56. The third-order valence-electron chi connectivity index (χ3n) is 2.95. The van der Waals surface area contributed by atoms with E-state index in [-0.39, 0.29) is 18.2 Å². The second kappa shape index (κ2) is 6.56. The number of aromatic nitrogens is 1. The molecule has 2 aromatic rings. The van der Waals surface area contributed by atoms with E-state index in [2.05, 4.69) is 10.6 Å². The first-order valence-electron chi connectivity index (χ1n) is 6.43. The Bertz CT molecular complexity index is 574. The zero-order valence-corrected chi connectivity index (χ0v) is 11.3. The van der Waals surface area contributed by atoms with Crippen LogP contribution in [0, 0.1) is 0 Å². The minimum Gasteiger partial charge on any atom is -0.359 e. The van der Waals surface area contributed by atoms with Crippen molar-refractivity contribution >= 4 is 11.8 Å². The summed E-state index contributed by atoms with van der Waals surface area (Å²) in [5, 5.41) is 5.22. The highest BCUT2D eigenvalue weighted by atomic mass is 16.2. The molecule has 2 N–H and O–H groups in total. The van der Waals surface area contributed by atoms with Gasteiger partial charge in [0, 0.05) is 43.7 Å². The van der Waals surface area contributed by atoms with E-state index in [0.717, 1.165) is 5.69 Å². The Balaban J connectivity index is 1.92. The third-order valence-corrected chi connectivity index (χ3v) is 2.95. The van der Waals surface area contributed by atoms with Crippen LogP contribution in [0.25, 0.3) is 5.69 Å². The molecule has 1 aromatic heterocycles. The van der Waals surface area contributed by atoms with Crippen LogP contribution < -0.4 is 10.6 Å². The molecular formula is C15H17N3O2. The minimum absolute atomic E-state index is 0.0896. The highest BCUT2D eigenvalue weighted by Crippen LogP contribution is 2.09. The van der Waals surface area contributed by atoms with Gasteiger partial charge in [0.2, 0.25) is 5.91 Å². The molecule has 5 nitrogen and oxygen atoms in total. The maximum Gasteiger partial charge on any atom is 0.251 e. The van der Waals surface area contributed by atoms with Crippen LogP contribution in [0.5, 0.6) is 0 Å². The van der Waals surface area contributed by atoms with E-state index in [0.29, 0.717) is 12.1 Å². The van der Waals surface area contributed by atoms with E-state index in [1.165, 1.54) is 0 Å². The second-order valence-corrected chi connectivity index (χ2v) is 4.32. The first-order valence-corrected chi connectivity index (χ1v) is 6.43. The normalized spacial score (nSPS) is 10.1. The van der Waals surface area contributed by atoms with Crippen LogP contribution in [0.15, 0.2) is 48.8 Å². The third kappa shape index (κ3) is 3.47. The molecule has 0 bridgehead atoms. The predicted octanol–water partition coefficient (Wildman–Crippen LogP) is 1.34. The number of hydrogen-bond acceptors (Lipinski definition) is 2. The number of hydrogen-bond donors (Lipinski definition) is 2. The van der Waals surface area contributed by atoms with E-state index in [1.54, 1.807) is 19.2 Å². The smallest absolute Gasteiger partial charge is 0.251 e. The molecule has 0 atom stereocenters. The van der Waals surface area contributed by atoms with Crippen molar-refractivity contribution < 1.29 is 9.59 Å². The first kappa shape index (κ1) is 13.9. The molecule has 104 valence electrons. The number of rotatable bonds is 5. The molecule has 20 heavy (non-hydrogen) atoms. The monoisotopic (exact) mass is 271 g/mol. The fourth-order valence-corrected chi connectivity index (χ4v) is 1.81. The van der Waals surface area contributed by atoms with Gasteiger partial charge in [0.05, 0.1) is 0 Å². The van der Waals surface area contributed by atoms with Crippen molar-refractivity contribution in [3.8, 4) is 5.69 Å². The van der Waals surface area contributed by atoms with Gasteiger partial charge in [-0.25, -0.2) is 0 Å². The Kier molecular flexibility index (Phi) is 4.55. The lowest BCUT2D eigenvalue weighted by molar-refractivity contribution is -0.120. The van der Waals surface area contributed by atoms with E-state index in [9.17, 15) is 9.59 Å². The summed E-state index contributed by atoms with van der Waals surface area (Å²) >= 11 is 0.